The number of hydrogen-bond acceptors (Lipinski definition) is 3. The Morgan fingerprint density at radius 3 is 2.73 bits per heavy atom. The normalized spacial score (nSPS) is 16.6. The highest BCUT2D eigenvalue weighted by atomic mass is 19.1. The van der Waals surface area contributed by atoms with Gasteiger partial charge in [0.1, 0.15) is 11.6 Å². The summed E-state index contributed by atoms with van der Waals surface area (Å²) in [5.74, 6) is -0.333. The molecule has 1 aliphatic rings. The number of amides is 2. The molecule has 2 aromatic rings. The summed E-state index contributed by atoms with van der Waals surface area (Å²) in [5, 5.41) is 2.88. The highest BCUT2D eigenvalue weighted by Crippen LogP contribution is 2.25. The van der Waals surface area contributed by atoms with Gasteiger partial charge in [-0.05, 0) is 42.3 Å². The summed E-state index contributed by atoms with van der Waals surface area (Å²) in [7, 11) is 1.62. The number of benzene rings is 2. The van der Waals surface area contributed by atoms with Gasteiger partial charge in [0.2, 0.25) is 11.8 Å². The first-order valence-electron chi connectivity index (χ1n) is 8.53. The van der Waals surface area contributed by atoms with Crippen molar-refractivity contribution in [1.29, 1.82) is 0 Å². The molecule has 0 spiro atoms. The van der Waals surface area contributed by atoms with Crippen molar-refractivity contribution in [2.24, 2.45) is 5.92 Å². The van der Waals surface area contributed by atoms with Crippen molar-refractivity contribution in [1.82, 2.24) is 5.32 Å². The molecule has 5 nitrogen and oxygen atoms in total. The van der Waals surface area contributed by atoms with E-state index < -0.39 is 11.7 Å². The molecule has 1 aliphatic heterocycles. The van der Waals surface area contributed by atoms with E-state index in [4.69, 9.17) is 4.74 Å². The number of halogens is 1. The van der Waals surface area contributed by atoms with Crippen LogP contribution < -0.4 is 15.0 Å². The average molecular weight is 356 g/mol. The minimum atomic E-state index is -0.415. The zero-order valence-electron chi connectivity index (χ0n) is 14.6. The van der Waals surface area contributed by atoms with Crippen LogP contribution in [-0.4, -0.2) is 32.0 Å². The molecule has 6 heteroatoms. The van der Waals surface area contributed by atoms with Crippen LogP contribution in [0.2, 0.25) is 0 Å². The Balaban J connectivity index is 1.51. The number of carbonyl (C=O) groups is 2. The van der Waals surface area contributed by atoms with Crippen LogP contribution in [-0.2, 0) is 16.0 Å². The quantitative estimate of drug-likeness (QED) is 0.865. The van der Waals surface area contributed by atoms with Gasteiger partial charge in [-0.2, -0.15) is 0 Å². The highest BCUT2D eigenvalue weighted by Gasteiger charge is 2.35. The molecular formula is C20H21FN2O3. The average Bonchev–Trinajstić information content (AvgIpc) is 3.04. The van der Waals surface area contributed by atoms with Crippen LogP contribution in [0.4, 0.5) is 10.1 Å². The van der Waals surface area contributed by atoms with Crippen molar-refractivity contribution in [2.45, 2.75) is 12.8 Å². The Labute approximate surface area is 151 Å². The summed E-state index contributed by atoms with van der Waals surface area (Å²) >= 11 is 0. The van der Waals surface area contributed by atoms with Crippen LogP contribution in [0, 0.1) is 11.7 Å². The van der Waals surface area contributed by atoms with Crippen molar-refractivity contribution in [3.05, 3.63) is 59.9 Å². The topological polar surface area (TPSA) is 58.6 Å². The third kappa shape index (κ3) is 4.20. The number of carbonyl (C=O) groups excluding carboxylic acids is 2. The number of nitrogens with zero attached hydrogens (tertiary/aromatic N) is 1. The van der Waals surface area contributed by atoms with Crippen LogP contribution in [0.1, 0.15) is 12.0 Å². The van der Waals surface area contributed by atoms with E-state index in [1.54, 1.807) is 19.2 Å². The minimum Gasteiger partial charge on any atom is -0.497 e. The lowest BCUT2D eigenvalue weighted by molar-refractivity contribution is -0.126. The van der Waals surface area contributed by atoms with Crippen molar-refractivity contribution in [3.8, 4) is 5.75 Å². The number of ether oxygens (including phenoxy) is 1. The first-order valence-corrected chi connectivity index (χ1v) is 8.53. The van der Waals surface area contributed by atoms with Crippen LogP contribution >= 0.6 is 0 Å². The number of anilines is 1. The van der Waals surface area contributed by atoms with E-state index in [9.17, 15) is 14.0 Å². The van der Waals surface area contributed by atoms with E-state index >= 15 is 0 Å². The Morgan fingerprint density at radius 2 is 2.04 bits per heavy atom. The second kappa shape index (κ2) is 7.99. The van der Waals surface area contributed by atoms with E-state index in [1.807, 2.05) is 24.3 Å². The van der Waals surface area contributed by atoms with Crippen molar-refractivity contribution < 1.29 is 18.7 Å². The largest absolute Gasteiger partial charge is 0.497 e. The lowest BCUT2D eigenvalue weighted by Gasteiger charge is -2.16. The molecule has 1 unspecified atom stereocenters. The molecule has 1 saturated heterocycles. The molecule has 3 rings (SSSR count). The van der Waals surface area contributed by atoms with E-state index in [0.29, 0.717) is 18.7 Å². The first-order chi connectivity index (χ1) is 12.6. The Kier molecular flexibility index (Phi) is 5.51. The number of methoxy groups -OCH3 is 1. The van der Waals surface area contributed by atoms with Crippen molar-refractivity contribution in [3.63, 3.8) is 0 Å². The molecule has 1 N–H and O–H groups in total. The third-order valence-electron chi connectivity index (χ3n) is 4.49. The second-order valence-electron chi connectivity index (χ2n) is 6.27. The van der Waals surface area contributed by atoms with E-state index in [-0.39, 0.29) is 24.8 Å². The SMILES string of the molecule is COc1ccc(CCNC(=O)C2CC(=O)N(c3cccc(F)c3)C2)cc1. The predicted molar refractivity (Wildman–Crippen MR) is 96.6 cm³/mol. The molecule has 26 heavy (non-hydrogen) atoms. The lowest BCUT2D eigenvalue weighted by atomic mass is 10.1. The monoisotopic (exact) mass is 356 g/mol. The summed E-state index contributed by atoms with van der Waals surface area (Å²) in [5.41, 5.74) is 1.58. The van der Waals surface area contributed by atoms with Gasteiger partial charge in [-0.1, -0.05) is 18.2 Å². The molecular weight excluding hydrogens is 335 g/mol. The number of nitrogens with one attached hydrogen (secondary N) is 1. The van der Waals surface area contributed by atoms with E-state index in [0.717, 1.165) is 11.3 Å². The Morgan fingerprint density at radius 1 is 1.27 bits per heavy atom. The molecule has 1 fully saturated rings. The molecule has 2 amide bonds. The maximum atomic E-state index is 13.4. The molecule has 2 aromatic carbocycles. The van der Waals surface area contributed by atoms with E-state index in [1.165, 1.54) is 17.0 Å². The number of rotatable bonds is 6. The summed E-state index contributed by atoms with van der Waals surface area (Å²) in [6, 6.07) is 13.5. The third-order valence-corrected chi connectivity index (χ3v) is 4.49. The minimum absolute atomic E-state index is 0.144. The Bertz CT molecular complexity index is 792. The van der Waals surface area contributed by atoms with Gasteiger partial charge in [0.25, 0.3) is 0 Å². The molecule has 136 valence electrons. The highest BCUT2D eigenvalue weighted by molar-refractivity contribution is 6.00. The molecule has 1 heterocycles. The zero-order chi connectivity index (χ0) is 18.5. The van der Waals surface area contributed by atoms with Crippen LogP contribution in [0.25, 0.3) is 0 Å². The van der Waals surface area contributed by atoms with Crippen molar-refractivity contribution in [2.75, 3.05) is 25.1 Å². The molecule has 0 radical (unpaired) electrons. The van der Waals surface area contributed by atoms with E-state index in [2.05, 4.69) is 5.32 Å². The Hall–Kier alpha value is -2.89. The van der Waals surface area contributed by atoms with Crippen molar-refractivity contribution >= 4 is 17.5 Å². The zero-order valence-corrected chi connectivity index (χ0v) is 14.6. The molecule has 0 bridgehead atoms. The summed E-state index contributed by atoms with van der Waals surface area (Å²) in [6.45, 7) is 0.770. The smallest absolute Gasteiger partial charge is 0.227 e. The van der Waals surface area contributed by atoms with Gasteiger partial charge in [0.05, 0.1) is 13.0 Å². The maximum Gasteiger partial charge on any atom is 0.227 e. The summed E-state index contributed by atoms with van der Waals surface area (Å²) in [4.78, 5) is 26.0. The summed E-state index contributed by atoms with van der Waals surface area (Å²) < 4.78 is 18.5. The first kappa shape index (κ1) is 17.9. The van der Waals surface area contributed by atoms with Gasteiger partial charge in [0, 0.05) is 25.2 Å². The standard InChI is InChI=1S/C20H21FN2O3/c1-26-18-7-5-14(6-8-18)9-10-22-20(25)15-11-19(24)23(13-15)17-4-2-3-16(21)12-17/h2-8,12,15H,9-11,13H2,1H3,(H,22,25). The molecule has 1 atom stereocenters. The molecule has 0 aliphatic carbocycles. The van der Waals surface area contributed by atoms with Crippen LogP contribution in [0.15, 0.2) is 48.5 Å². The van der Waals surface area contributed by atoms with Gasteiger partial charge in [0.15, 0.2) is 0 Å². The fraction of sp³-hybridized carbons (Fsp3) is 0.300. The van der Waals surface area contributed by atoms with Gasteiger partial charge >= 0.3 is 0 Å². The van der Waals surface area contributed by atoms with Gasteiger partial charge in [-0.15, -0.1) is 0 Å². The molecule has 0 saturated carbocycles. The fourth-order valence-electron chi connectivity index (χ4n) is 3.04. The maximum absolute atomic E-state index is 13.4. The van der Waals surface area contributed by atoms with Gasteiger partial charge in [-0.25, -0.2) is 4.39 Å². The molecule has 0 aromatic heterocycles. The van der Waals surface area contributed by atoms with Gasteiger partial charge < -0.3 is 15.0 Å². The lowest BCUT2D eigenvalue weighted by Crippen LogP contribution is -2.34. The van der Waals surface area contributed by atoms with Gasteiger partial charge in [-0.3, -0.25) is 9.59 Å². The van der Waals surface area contributed by atoms with Crippen LogP contribution in [0.5, 0.6) is 5.75 Å². The van der Waals surface area contributed by atoms with Crippen LogP contribution in [0.3, 0.4) is 0 Å². The fourth-order valence-corrected chi connectivity index (χ4v) is 3.04. The summed E-state index contributed by atoms with van der Waals surface area (Å²) in [6.07, 6.45) is 0.842. The second-order valence-corrected chi connectivity index (χ2v) is 6.27. The number of hydrogen-bond donors (Lipinski definition) is 1. The predicted octanol–water partition coefficient (Wildman–Crippen LogP) is 2.55.